The van der Waals surface area contributed by atoms with Gasteiger partial charge in [0.15, 0.2) is 5.82 Å². The van der Waals surface area contributed by atoms with Crippen LogP contribution >= 0.6 is 11.3 Å². The Morgan fingerprint density at radius 2 is 2.35 bits per heavy atom. The number of nitrogens with one attached hydrogen (secondary N) is 2. The minimum absolute atomic E-state index is 0.0247. The summed E-state index contributed by atoms with van der Waals surface area (Å²) < 4.78 is 0. The van der Waals surface area contributed by atoms with Crippen LogP contribution in [0.2, 0.25) is 0 Å². The Hall–Kier alpha value is -1.89. The first-order chi connectivity index (χ1) is 9.65. The number of likely N-dealkylation sites (tertiary alicyclic amines) is 1. The predicted molar refractivity (Wildman–Crippen MR) is 75.9 cm³/mol. The van der Waals surface area contributed by atoms with Gasteiger partial charge in [-0.2, -0.15) is 5.10 Å². The number of amides is 1. The molecule has 0 aliphatic carbocycles. The molecule has 7 heteroatoms. The van der Waals surface area contributed by atoms with E-state index in [0.29, 0.717) is 12.4 Å². The van der Waals surface area contributed by atoms with Crippen molar-refractivity contribution in [3.63, 3.8) is 0 Å². The van der Waals surface area contributed by atoms with Crippen molar-refractivity contribution in [3.8, 4) is 0 Å². The van der Waals surface area contributed by atoms with Crippen molar-refractivity contribution < 1.29 is 4.79 Å². The van der Waals surface area contributed by atoms with Crippen LogP contribution in [-0.2, 0) is 0 Å². The van der Waals surface area contributed by atoms with E-state index >= 15 is 0 Å². The molecular formula is C13H16N4O2S. The molecule has 0 aromatic carbocycles. The Bertz CT molecular complexity index is 672. The van der Waals surface area contributed by atoms with Crippen LogP contribution in [0.1, 0.15) is 46.4 Å². The molecule has 1 atom stereocenters. The first kappa shape index (κ1) is 13.1. The number of H-pyrrole nitrogens is 2. The highest BCUT2D eigenvalue weighted by Gasteiger charge is 2.31. The van der Waals surface area contributed by atoms with Crippen LogP contribution in [0.15, 0.2) is 16.2 Å². The number of aryl methyl sites for hydroxylation is 1. The second-order valence-electron chi connectivity index (χ2n) is 5.06. The fourth-order valence-corrected chi connectivity index (χ4v) is 3.44. The van der Waals surface area contributed by atoms with Crippen molar-refractivity contribution in [2.45, 2.75) is 32.2 Å². The van der Waals surface area contributed by atoms with E-state index in [1.807, 2.05) is 23.3 Å². The number of aromatic nitrogens is 3. The van der Waals surface area contributed by atoms with Crippen molar-refractivity contribution in [1.29, 1.82) is 0 Å². The smallest absolute Gasteiger partial charge is 0.328 e. The van der Waals surface area contributed by atoms with Gasteiger partial charge in [-0.05, 0) is 43.2 Å². The van der Waals surface area contributed by atoms with Crippen LogP contribution in [0.25, 0.3) is 0 Å². The summed E-state index contributed by atoms with van der Waals surface area (Å²) in [6, 6.07) is 1.77. The molecule has 106 valence electrons. The molecule has 20 heavy (non-hydrogen) atoms. The lowest BCUT2D eigenvalue weighted by Crippen LogP contribution is -2.38. The number of aromatic amines is 2. The third-order valence-electron chi connectivity index (χ3n) is 3.54. The summed E-state index contributed by atoms with van der Waals surface area (Å²) in [6.07, 6.45) is 2.85. The van der Waals surface area contributed by atoms with E-state index in [4.69, 9.17) is 0 Å². The maximum absolute atomic E-state index is 12.6. The number of rotatable bonds is 2. The largest absolute Gasteiger partial charge is 0.340 e. The second-order valence-corrected chi connectivity index (χ2v) is 5.97. The van der Waals surface area contributed by atoms with E-state index in [1.54, 1.807) is 0 Å². The highest BCUT2D eigenvalue weighted by molar-refractivity contribution is 7.12. The highest BCUT2D eigenvalue weighted by Crippen LogP contribution is 2.30. The van der Waals surface area contributed by atoms with E-state index < -0.39 is 0 Å². The van der Waals surface area contributed by atoms with Gasteiger partial charge in [0, 0.05) is 6.54 Å². The predicted octanol–water partition coefficient (Wildman–Crippen LogP) is 1.84. The van der Waals surface area contributed by atoms with Crippen LogP contribution in [0.5, 0.6) is 0 Å². The highest BCUT2D eigenvalue weighted by atomic mass is 32.1. The van der Waals surface area contributed by atoms with E-state index in [9.17, 15) is 9.59 Å². The maximum Gasteiger partial charge on any atom is 0.340 e. The van der Waals surface area contributed by atoms with Crippen molar-refractivity contribution in [2.24, 2.45) is 0 Å². The number of hydrogen-bond donors (Lipinski definition) is 2. The van der Waals surface area contributed by atoms with Gasteiger partial charge < -0.3 is 4.90 Å². The lowest BCUT2D eigenvalue weighted by Gasteiger charge is -2.33. The Balaban J connectivity index is 1.89. The van der Waals surface area contributed by atoms with Crippen molar-refractivity contribution in [2.75, 3.05) is 6.54 Å². The van der Waals surface area contributed by atoms with Gasteiger partial charge in [-0.1, -0.05) is 0 Å². The van der Waals surface area contributed by atoms with Crippen LogP contribution in [0.4, 0.5) is 0 Å². The topological polar surface area (TPSA) is 81.8 Å². The summed E-state index contributed by atoms with van der Waals surface area (Å²) in [5.41, 5.74) is 0.769. The zero-order valence-corrected chi connectivity index (χ0v) is 12.0. The standard InChI is InChI=1S/C13H16N4O2S/c1-8-6-10(20-7-8)12(18)17-5-3-2-4-9(17)11-14-13(19)16-15-11/h6-7,9H,2-5H2,1H3,(H2,14,15,16,19). The minimum atomic E-state index is -0.329. The summed E-state index contributed by atoms with van der Waals surface area (Å²) >= 11 is 1.46. The molecule has 3 heterocycles. The Morgan fingerprint density at radius 1 is 1.50 bits per heavy atom. The van der Waals surface area contributed by atoms with Crippen molar-refractivity contribution in [1.82, 2.24) is 20.1 Å². The molecule has 0 bridgehead atoms. The molecule has 6 nitrogen and oxygen atoms in total. The molecule has 1 fully saturated rings. The van der Waals surface area contributed by atoms with E-state index in [-0.39, 0.29) is 17.6 Å². The molecule has 2 aromatic rings. The zero-order chi connectivity index (χ0) is 14.1. The molecule has 1 aliphatic heterocycles. The SMILES string of the molecule is Cc1csc(C(=O)N2CCCCC2c2n[nH]c(=O)[nH]2)c1. The average Bonchev–Trinajstić information content (AvgIpc) is 3.07. The van der Waals surface area contributed by atoms with Gasteiger partial charge in [0.1, 0.15) is 0 Å². The summed E-state index contributed by atoms with van der Waals surface area (Å²) in [5, 5.41) is 8.34. The molecule has 1 amide bonds. The maximum atomic E-state index is 12.6. The van der Waals surface area contributed by atoms with E-state index in [2.05, 4.69) is 15.2 Å². The van der Waals surface area contributed by atoms with Gasteiger partial charge in [0.25, 0.3) is 5.91 Å². The quantitative estimate of drug-likeness (QED) is 0.886. The minimum Gasteiger partial charge on any atom is -0.328 e. The number of hydrogen-bond acceptors (Lipinski definition) is 4. The van der Waals surface area contributed by atoms with Gasteiger partial charge in [0.05, 0.1) is 10.9 Å². The lowest BCUT2D eigenvalue weighted by molar-refractivity contribution is 0.0605. The third-order valence-corrected chi connectivity index (χ3v) is 4.58. The van der Waals surface area contributed by atoms with E-state index in [0.717, 1.165) is 29.7 Å². The molecule has 0 spiro atoms. The van der Waals surface area contributed by atoms with Crippen LogP contribution < -0.4 is 5.69 Å². The second kappa shape index (κ2) is 5.24. The van der Waals surface area contributed by atoms with Crippen LogP contribution in [0.3, 0.4) is 0 Å². The molecule has 1 aliphatic rings. The first-order valence-electron chi connectivity index (χ1n) is 6.66. The number of thiophene rings is 1. The number of piperidine rings is 1. The monoisotopic (exact) mass is 292 g/mol. The fraction of sp³-hybridized carbons (Fsp3) is 0.462. The van der Waals surface area contributed by atoms with Gasteiger partial charge in [-0.15, -0.1) is 11.3 Å². The third kappa shape index (κ3) is 2.40. The molecule has 3 rings (SSSR count). The van der Waals surface area contributed by atoms with Crippen molar-refractivity contribution >= 4 is 17.2 Å². The number of nitrogens with zero attached hydrogens (tertiary/aromatic N) is 2. The van der Waals surface area contributed by atoms with E-state index in [1.165, 1.54) is 11.3 Å². The molecule has 2 N–H and O–H groups in total. The number of carbonyl (C=O) groups is 1. The summed E-state index contributed by atoms with van der Waals surface area (Å²) in [4.78, 5) is 29.1. The Kier molecular flexibility index (Phi) is 3.43. The zero-order valence-electron chi connectivity index (χ0n) is 11.2. The summed E-state index contributed by atoms with van der Waals surface area (Å²) in [6.45, 7) is 2.68. The Labute approximate surface area is 119 Å². The van der Waals surface area contributed by atoms with Crippen LogP contribution in [0, 0.1) is 6.92 Å². The summed E-state index contributed by atoms with van der Waals surface area (Å²) in [5.74, 6) is 0.577. The molecule has 1 unspecified atom stereocenters. The lowest BCUT2D eigenvalue weighted by atomic mass is 10.0. The first-order valence-corrected chi connectivity index (χ1v) is 7.54. The fourth-order valence-electron chi connectivity index (χ4n) is 2.58. The van der Waals surface area contributed by atoms with Gasteiger partial charge >= 0.3 is 5.69 Å². The Morgan fingerprint density at radius 3 is 3.00 bits per heavy atom. The molecule has 2 aromatic heterocycles. The molecule has 0 radical (unpaired) electrons. The van der Waals surface area contributed by atoms with Crippen molar-refractivity contribution in [3.05, 3.63) is 38.2 Å². The summed E-state index contributed by atoms with van der Waals surface area (Å²) in [7, 11) is 0. The number of carbonyl (C=O) groups excluding carboxylic acids is 1. The van der Waals surface area contributed by atoms with Gasteiger partial charge in [-0.3, -0.25) is 9.78 Å². The van der Waals surface area contributed by atoms with Crippen LogP contribution in [-0.4, -0.2) is 32.5 Å². The average molecular weight is 292 g/mol. The normalized spacial score (nSPS) is 19.2. The van der Waals surface area contributed by atoms with Gasteiger partial charge in [-0.25, -0.2) is 9.89 Å². The molecular weight excluding hydrogens is 276 g/mol. The van der Waals surface area contributed by atoms with Gasteiger partial charge in [0.2, 0.25) is 0 Å². The molecule has 1 saturated heterocycles. The molecule has 0 saturated carbocycles.